The Morgan fingerprint density at radius 1 is 0.931 bits per heavy atom. The molecule has 0 unspecified atom stereocenters. The van der Waals surface area contributed by atoms with Gasteiger partial charge in [-0.05, 0) is 114 Å². The van der Waals surface area contributed by atoms with Crippen LogP contribution in [0.3, 0.4) is 0 Å². The summed E-state index contributed by atoms with van der Waals surface area (Å²) in [4.78, 5) is 43.4. The summed E-state index contributed by atoms with van der Waals surface area (Å²) in [5, 5.41) is 24.1. The molecule has 0 radical (unpaired) electrons. The number of benzene rings is 3. The van der Waals surface area contributed by atoms with E-state index in [4.69, 9.17) is 27.9 Å². The number of carbonyl (C=O) groups is 2. The van der Waals surface area contributed by atoms with E-state index in [0.717, 1.165) is 61.6 Å². The highest BCUT2D eigenvalue weighted by molar-refractivity contribution is 6.35. The number of halogens is 2. The molecule has 1 atom stereocenters. The second kappa shape index (κ2) is 15.1. The van der Waals surface area contributed by atoms with Crippen molar-refractivity contribution in [3.05, 3.63) is 128 Å². The van der Waals surface area contributed by atoms with Crippen LogP contribution in [0.4, 0.5) is 5.69 Å². The maximum Gasteiger partial charge on any atom is 0.352 e. The van der Waals surface area contributed by atoms with E-state index >= 15 is 4.79 Å². The number of carboxylic acids is 1. The van der Waals surface area contributed by atoms with Crippen LogP contribution < -0.4 is 9.64 Å². The van der Waals surface area contributed by atoms with Gasteiger partial charge in [0.05, 0.1) is 40.6 Å². The Labute approximate surface area is 345 Å². The van der Waals surface area contributed by atoms with E-state index in [1.54, 1.807) is 9.47 Å². The fraction of sp³-hybridized carbons (Fsp3) is 0.267. The smallest absolute Gasteiger partial charge is 0.352 e. The minimum Gasteiger partial charge on any atom is -0.508 e. The second-order valence-electron chi connectivity index (χ2n) is 15.1. The molecule has 5 heterocycles. The Morgan fingerprint density at radius 2 is 1.66 bits per heavy atom. The lowest BCUT2D eigenvalue weighted by Gasteiger charge is -2.35. The van der Waals surface area contributed by atoms with Crippen LogP contribution in [0.15, 0.2) is 67.0 Å². The van der Waals surface area contributed by atoms with Gasteiger partial charge in [-0.2, -0.15) is 0 Å². The van der Waals surface area contributed by atoms with E-state index in [0.29, 0.717) is 57.5 Å². The number of carbonyl (C=O) groups excluding carboxylic acids is 1. The number of ether oxygens (including phenoxy) is 1. The molecule has 2 N–H and O–H groups in total. The predicted molar refractivity (Wildman–Crippen MR) is 227 cm³/mol. The number of hydrogen-bond donors (Lipinski definition) is 2. The van der Waals surface area contributed by atoms with E-state index in [1.807, 2.05) is 84.0 Å². The topological polar surface area (TPSA) is 136 Å². The van der Waals surface area contributed by atoms with Crippen molar-refractivity contribution in [2.24, 2.45) is 0 Å². The number of nitrogens with zero attached hydrogens (tertiary/aromatic N) is 6. The lowest BCUT2D eigenvalue weighted by molar-refractivity contribution is 0.0686. The first-order valence-electron chi connectivity index (χ1n) is 19.1. The molecule has 0 spiro atoms. The van der Waals surface area contributed by atoms with Crippen molar-refractivity contribution in [3.8, 4) is 22.6 Å². The fourth-order valence-electron chi connectivity index (χ4n) is 8.53. The van der Waals surface area contributed by atoms with Crippen molar-refractivity contribution >= 4 is 62.6 Å². The van der Waals surface area contributed by atoms with Crippen molar-refractivity contribution in [1.29, 1.82) is 0 Å². The highest BCUT2D eigenvalue weighted by Crippen LogP contribution is 2.46. The van der Waals surface area contributed by atoms with Crippen molar-refractivity contribution < 1.29 is 24.5 Å². The maximum absolute atomic E-state index is 15.4. The van der Waals surface area contributed by atoms with Crippen LogP contribution in [0.5, 0.6) is 11.5 Å². The van der Waals surface area contributed by atoms with Crippen LogP contribution in [0.1, 0.15) is 79.8 Å². The van der Waals surface area contributed by atoms with E-state index in [-0.39, 0.29) is 36.5 Å². The average molecular weight is 818 g/mol. The summed E-state index contributed by atoms with van der Waals surface area (Å²) in [5.74, 6) is -0.799. The maximum atomic E-state index is 15.4. The molecule has 13 heteroatoms. The summed E-state index contributed by atoms with van der Waals surface area (Å²) in [6.07, 6.45) is 2.62. The van der Waals surface area contributed by atoms with Gasteiger partial charge < -0.3 is 29.0 Å². The molecular weight excluding hydrogens is 775 g/mol. The number of pyridine rings is 1. The van der Waals surface area contributed by atoms with E-state index in [9.17, 15) is 15.0 Å². The fourth-order valence-corrected chi connectivity index (χ4v) is 8.88. The van der Waals surface area contributed by atoms with Gasteiger partial charge in [0, 0.05) is 62.7 Å². The Kier molecular flexibility index (Phi) is 10.1. The number of aromatic nitrogens is 5. The summed E-state index contributed by atoms with van der Waals surface area (Å²) in [6, 6.07) is 17.6. The van der Waals surface area contributed by atoms with Gasteiger partial charge in [-0.3, -0.25) is 9.78 Å². The molecule has 1 amide bonds. The number of phenols is 1. The molecule has 4 aromatic heterocycles. The molecule has 7 aromatic rings. The number of aryl methyl sites for hydroxylation is 6. The minimum absolute atomic E-state index is 0.0126. The zero-order chi connectivity index (χ0) is 41.2. The molecule has 8 rings (SSSR count). The second-order valence-corrected chi connectivity index (χ2v) is 15.9. The van der Waals surface area contributed by atoms with Gasteiger partial charge in [0.2, 0.25) is 0 Å². The van der Waals surface area contributed by atoms with Gasteiger partial charge >= 0.3 is 5.97 Å². The molecule has 0 bridgehead atoms. The molecule has 0 fully saturated rings. The number of hydrogen-bond acceptors (Lipinski definition) is 7. The number of phenolic OH excluding ortho intramolecular Hbond substituents is 1. The Balaban J connectivity index is 1.30. The average Bonchev–Trinajstić information content (AvgIpc) is 3.70. The number of anilines is 1. The summed E-state index contributed by atoms with van der Waals surface area (Å²) in [5.41, 5.74) is 9.43. The van der Waals surface area contributed by atoms with Crippen molar-refractivity contribution in [1.82, 2.24) is 24.1 Å². The number of aromatic carboxylic acids is 1. The number of carboxylic acid groups (broad SMARTS) is 1. The van der Waals surface area contributed by atoms with Crippen LogP contribution >= 0.6 is 23.2 Å². The zero-order valence-corrected chi connectivity index (χ0v) is 34.5. The van der Waals surface area contributed by atoms with Gasteiger partial charge in [0.25, 0.3) is 5.91 Å². The lowest BCUT2D eigenvalue weighted by atomic mass is 9.97. The van der Waals surface area contributed by atoms with Crippen molar-refractivity contribution in [2.45, 2.75) is 67.0 Å². The summed E-state index contributed by atoms with van der Waals surface area (Å²) >= 11 is 13.5. The van der Waals surface area contributed by atoms with Gasteiger partial charge in [0.1, 0.15) is 29.2 Å². The van der Waals surface area contributed by atoms with Crippen LogP contribution in [-0.4, -0.2) is 59.3 Å². The molecular formula is C45H42Cl2N6O5. The van der Waals surface area contributed by atoms with Crippen molar-refractivity contribution in [3.63, 3.8) is 0 Å². The Morgan fingerprint density at radius 3 is 2.34 bits per heavy atom. The molecule has 11 nitrogen and oxygen atoms in total. The van der Waals surface area contributed by atoms with Gasteiger partial charge in [-0.25, -0.2) is 14.8 Å². The molecule has 3 aromatic carbocycles. The van der Waals surface area contributed by atoms with Crippen molar-refractivity contribution in [2.75, 3.05) is 18.1 Å². The third kappa shape index (κ3) is 6.71. The Bertz CT molecular complexity index is 2780. The van der Waals surface area contributed by atoms with Crippen LogP contribution in [0.2, 0.25) is 10.0 Å². The monoisotopic (exact) mass is 816 g/mol. The first-order chi connectivity index (χ1) is 27.7. The first-order valence-corrected chi connectivity index (χ1v) is 19.9. The molecule has 0 saturated heterocycles. The summed E-state index contributed by atoms with van der Waals surface area (Å²) in [7, 11) is 0. The van der Waals surface area contributed by atoms with Gasteiger partial charge in [-0.1, -0.05) is 35.3 Å². The minimum atomic E-state index is -1.14. The normalized spacial score (nSPS) is 14.1. The third-order valence-corrected chi connectivity index (χ3v) is 11.9. The Hall–Kier alpha value is -5.91. The van der Waals surface area contributed by atoms with E-state index < -0.39 is 5.97 Å². The van der Waals surface area contributed by atoms with E-state index in [1.165, 1.54) is 24.5 Å². The predicted octanol–water partition coefficient (Wildman–Crippen LogP) is 9.98. The number of aromatic hydroxyl groups is 1. The highest BCUT2D eigenvalue weighted by Gasteiger charge is 2.38. The molecule has 58 heavy (non-hydrogen) atoms. The summed E-state index contributed by atoms with van der Waals surface area (Å²) < 4.78 is 9.97. The molecule has 0 aliphatic carbocycles. The first kappa shape index (κ1) is 38.9. The number of fused-ring (bicyclic) bond motifs is 4. The third-order valence-electron chi connectivity index (χ3n) is 11.0. The lowest BCUT2D eigenvalue weighted by Crippen LogP contribution is -2.43. The van der Waals surface area contributed by atoms with E-state index in [2.05, 4.69) is 19.5 Å². The standard InChI is InChI=1S/C45H42Cl2N6O5/c1-23-15-32(16-24(2)40(23)47)58-14-8-11-33-34-12-13-35(46)39(38-27(5)48-22-49-28(38)6)42(34)53-26(4)20-52(44(55)43(33)53)36-19-31(54)17-29-18-37(45(56)57)51(41(29)36)21-30-10-7-9-25(3)50-30/h7,9-10,12-13,15-19,22,26,54H,8,11,14,20-21H2,1-6H3,(H,56,57)/t26-/m1/s1. The van der Waals surface area contributed by atoms with Gasteiger partial charge in [-0.15, -0.1) is 0 Å². The largest absolute Gasteiger partial charge is 0.508 e. The molecule has 1 aliphatic heterocycles. The summed E-state index contributed by atoms with van der Waals surface area (Å²) in [6.45, 7) is 12.4. The number of amides is 1. The van der Waals surface area contributed by atoms with Crippen LogP contribution in [0, 0.1) is 34.6 Å². The van der Waals surface area contributed by atoms with Crippen LogP contribution in [0.25, 0.3) is 32.9 Å². The SMILES string of the molecule is Cc1cccc(Cn2c(C(=O)O)cc3cc(O)cc(N4C[C@@H](C)n5c(c(CCCOc6cc(C)c(Cl)c(C)c6)c6ccc(Cl)c(-c7c(C)ncnc7C)c65)C4=O)c32)n1. The zero-order valence-electron chi connectivity index (χ0n) is 33.0. The molecule has 296 valence electrons. The van der Waals surface area contributed by atoms with Crippen LogP contribution in [-0.2, 0) is 13.0 Å². The highest BCUT2D eigenvalue weighted by atomic mass is 35.5. The molecule has 0 saturated carbocycles. The van der Waals surface area contributed by atoms with Gasteiger partial charge in [0.15, 0.2) is 0 Å². The molecule has 1 aliphatic rings. The quantitative estimate of drug-likeness (QED) is 0.130. The number of rotatable bonds is 10.